The summed E-state index contributed by atoms with van der Waals surface area (Å²) in [6.07, 6.45) is -2.27. The first-order chi connectivity index (χ1) is 16.2. The molecule has 9 N–H and O–H groups in total. The number of carbonyl (C=O) groups excluding carboxylic acids is 3. The van der Waals surface area contributed by atoms with E-state index in [1.54, 1.807) is 12.1 Å². The number of aliphatic carboxylic acids is 2. The predicted molar refractivity (Wildman–Crippen MR) is 122 cm³/mol. The van der Waals surface area contributed by atoms with Crippen LogP contribution in [0.2, 0.25) is 0 Å². The van der Waals surface area contributed by atoms with Crippen LogP contribution in [-0.2, 0) is 30.4 Å². The molecule has 0 saturated heterocycles. The van der Waals surface area contributed by atoms with Crippen molar-refractivity contribution in [3.63, 3.8) is 0 Å². The van der Waals surface area contributed by atoms with Gasteiger partial charge in [0.25, 0.3) is 0 Å². The summed E-state index contributed by atoms with van der Waals surface area (Å²) in [7, 11) is 0. The van der Waals surface area contributed by atoms with E-state index in [9.17, 15) is 39.3 Å². The topological polar surface area (TPSA) is 228 Å². The van der Waals surface area contributed by atoms with E-state index in [0.717, 1.165) is 0 Å². The Kier molecular flexibility index (Phi) is 11.1. The van der Waals surface area contributed by atoms with Crippen molar-refractivity contribution in [1.82, 2.24) is 16.0 Å². The SMILES string of the molecule is CC(C)C(NC(=O)C(CC(=O)O)NC(=O)C(NC(=O)C(N)Cc1ccc(O)cc1)C(C)O)C(=O)O. The number of phenolic OH excluding ortho intramolecular Hbond substituents is 1. The summed E-state index contributed by atoms with van der Waals surface area (Å²) in [4.78, 5) is 60.4. The van der Waals surface area contributed by atoms with Gasteiger partial charge in [-0.3, -0.25) is 19.2 Å². The molecule has 0 spiro atoms. The Morgan fingerprint density at radius 2 is 1.40 bits per heavy atom. The van der Waals surface area contributed by atoms with Crippen molar-refractivity contribution in [3.05, 3.63) is 29.8 Å². The first-order valence-electron chi connectivity index (χ1n) is 10.8. The number of aliphatic hydroxyl groups excluding tert-OH is 1. The zero-order chi connectivity index (χ0) is 26.9. The zero-order valence-electron chi connectivity index (χ0n) is 19.6. The van der Waals surface area contributed by atoms with Crippen molar-refractivity contribution in [2.75, 3.05) is 0 Å². The number of carbonyl (C=O) groups is 5. The van der Waals surface area contributed by atoms with Crippen molar-refractivity contribution in [2.45, 2.75) is 63.9 Å². The lowest BCUT2D eigenvalue weighted by molar-refractivity contribution is -0.144. The molecule has 1 aromatic rings. The number of rotatable bonds is 13. The van der Waals surface area contributed by atoms with Crippen LogP contribution in [-0.4, -0.2) is 80.4 Å². The molecule has 0 fully saturated rings. The predicted octanol–water partition coefficient (Wildman–Crippen LogP) is -1.69. The summed E-state index contributed by atoms with van der Waals surface area (Å²) in [5, 5.41) is 44.3. The van der Waals surface area contributed by atoms with Crippen LogP contribution in [0, 0.1) is 5.92 Å². The summed E-state index contributed by atoms with van der Waals surface area (Å²) in [6, 6.07) is 0.203. The molecule has 1 aromatic carbocycles. The van der Waals surface area contributed by atoms with Gasteiger partial charge in [0.1, 0.15) is 23.9 Å². The van der Waals surface area contributed by atoms with E-state index in [1.165, 1.54) is 32.9 Å². The lowest BCUT2D eigenvalue weighted by Crippen LogP contribution is -2.60. The van der Waals surface area contributed by atoms with E-state index in [4.69, 9.17) is 10.8 Å². The molecular formula is C22H32N4O9. The Morgan fingerprint density at radius 1 is 0.857 bits per heavy atom. The fraction of sp³-hybridized carbons (Fsp3) is 0.500. The first kappa shape index (κ1) is 29.3. The molecule has 0 aliphatic rings. The molecule has 194 valence electrons. The number of aromatic hydroxyl groups is 1. The molecule has 0 aliphatic heterocycles. The van der Waals surface area contributed by atoms with E-state index in [2.05, 4.69) is 16.0 Å². The number of carboxylic acids is 2. The zero-order valence-corrected chi connectivity index (χ0v) is 19.6. The molecule has 35 heavy (non-hydrogen) atoms. The second-order valence-electron chi connectivity index (χ2n) is 8.43. The Morgan fingerprint density at radius 3 is 1.86 bits per heavy atom. The molecular weight excluding hydrogens is 464 g/mol. The number of carboxylic acid groups (broad SMARTS) is 2. The van der Waals surface area contributed by atoms with Gasteiger partial charge in [-0.1, -0.05) is 26.0 Å². The second kappa shape index (κ2) is 13.2. The van der Waals surface area contributed by atoms with Crippen molar-refractivity contribution in [3.8, 4) is 5.75 Å². The van der Waals surface area contributed by atoms with Gasteiger partial charge >= 0.3 is 11.9 Å². The lowest BCUT2D eigenvalue weighted by Gasteiger charge is -2.26. The fourth-order valence-electron chi connectivity index (χ4n) is 3.06. The van der Waals surface area contributed by atoms with Crippen molar-refractivity contribution >= 4 is 29.7 Å². The minimum Gasteiger partial charge on any atom is -0.508 e. The Balaban J connectivity index is 2.93. The van der Waals surface area contributed by atoms with Crippen LogP contribution >= 0.6 is 0 Å². The minimum atomic E-state index is -1.68. The minimum absolute atomic E-state index is 0.0284. The number of amides is 3. The highest BCUT2D eigenvalue weighted by Crippen LogP contribution is 2.11. The van der Waals surface area contributed by atoms with E-state index in [-0.39, 0.29) is 12.2 Å². The molecule has 0 heterocycles. The molecule has 0 aromatic heterocycles. The molecule has 0 aliphatic carbocycles. The van der Waals surface area contributed by atoms with Crippen LogP contribution in [0.1, 0.15) is 32.8 Å². The largest absolute Gasteiger partial charge is 0.508 e. The maximum atomic E-state index is 12.7. The highest BCUT2D eigenvalue weighted by Gasteiger charge is 2.34. The van der Waals surface area contributed by atoms with Gasteiger partial charge in [-0.2, -0.15) is 0 Å². The first-order valence-corrected chi connectivity index (χ1v) is 10.8. The average Bonchev–Trinajstić information content (AvgIpc) is 2.75. The fourth-order valence-corrected chi connectivity index (χ4v) is 3.06. The van der Waals surface area contributed by atoms with E-state index in [1.807, 2.05) is 0 Å². The molecule has 1 rings (SSSR count). The number of hydrogen-bond acceptors (Lipinski definition) is 8. The van der Waals surface area contributed by atoms with E-state index >= 15 is 0 Å². The maximum absolute atomic E-state index is 12.7. The van der Waals surface area contributed by atoms with Gasteiger partial charge in [0.15, 0.2) is 0 Å². The average molecular weight is 497 g/mol. The molecule has 3 amide bonds. The summed E-state index contributed by atoms with van der Waals surface area (Å²) in [5.41, 5.74) is 6.50. The van der Waals surface area contributed by atoms with Crippen LogP contribution in [0.25, 0.3) is 0 Å². The van der Waals surface area contributed by atoms with Gasteiger partial charge in [-0.05, 0) is 37.0 Å². The summed E-state index contributed by atoms with van der Waals surface area (Å²) in [5.74, 6) is -6.22. The van der Waals surface area contributed by atoms with Crippen LogP contribution < -0.4 is 21.7 Å². The van der Waals surface area contributed by atoms with Gasteiger partial charge in [0.05, 0.1) is 18.6 Å². The van der Waals surface area contributed by atoms with Gasteiger partial charge in [-0.25, -0.2) is 4.79 Å². The van der Waals surface area contributed by atoms with Gasteiger partial charge in [0, 0.05) is 0 Å². The van der Waals surface area contributed by atoms with E-state index in [0.29, 0.717) is 5.56 Å². The summed E-state index contributed by atoms with van der Waals surface area (Å²) in [6.45, 7) is 4.26. The summed E-state index contributed by atoms with van der Waals surface area (Å²) < 4.78 is 0. The smallest absolute Gasteiger partial charge is 0.326 e. The number of hydrogen-bond donors (Lipinski definition) is 8. The van der Waals surface area contributed by atoms with Crippen molar-refractivity contribution in [1.29, 1.82) is 0 Å². The highest BCUT2D eigenvalue weighted by molar-refractivity contribution is 5.95. The third kappa shape index (κ3) is 9.59. The third-order valence-corrected chi connectivity index (χ3v) is 5.03. The third-order valence-electron chi connectivity index (χ3n) is 5.03. The number of benzene rings is 1. The number of aliphatic hydroxyl groups is 1. The molecule has 0 saturated carbocycles. The molecule has 5 atom stereocenters. The molecule has 0 bridgehead atoms. The number of phenols is 1. The molecule has 5 unspecified atom stereocenters. The highest BCUT2D eigenvalue weighted by atomic mass is 16.4. The van der Waals surface area contributed by atoms with Crippen LogP contribution in [0.5, 0.6) is 5.75 Å². The normalized spacial score (nSPS) is 15.3. The number of nitrogens with one attached hydrogen (secondary N) is 3. The maximum Gasteiger partial charge on any atom is 0.326 e. The van der Waals surface area contributed by atoms with Gasteiger partial charge in [-0.15, -0.1) is 0 Å². The van der Waals surface area contributed by atoms with Crippen molar-refractivity contribution in [2.24, 2.45) is 11.7 Å². The van der Waals surface area contributed by atoms with E-state index < -0.39 is 72.3 Å². The molecule has 0 radical (unpaired) electrons. The molecule has 13 heteroatoms. The van der Waals surface area contributed by atoms with Crippen molar-refractivity contribution < 1.29 is 44.4 Å². The standard InChI is InChI=1S/C22H32N4O9/c1-10(2)17(22(34)35)25-20(32)15(9-16(29)30)24-21(33)18(11(3)27)26-19(31)14(23)8-12-4-6-13(28)7-5-12/h4-7,10-11,14-15,17-18,27-28H,8-9,23H2,1-3H3,(H,24,33)(H,25,32)(H,26,31)(H,29,30)(H,34,35). The van der Waals surface area contributed by atoms with Gasteiger partial charge < -0.3 is 42.1 Å². The second-order valence-corrected chi connectivity index (χ2v) is 8.43. The summed E-state index contributed by atoms with van der Waals surface area (Å²) >= 11 is 0. The Bertz CT molecular complexity index is 918. The van der Waals surface area contributed by atoms with Gasteiger partial charge in [0.2, 0.25) is 17.7 Å². The number of nitrogens with two attached hydrogens (primary N) is 1. The van der Waals surface area contributed by atoms with Crippen LogP contribution in [0.3, 0.4) is 0 Å². The lowest BCUT2D eigenvalue weighted by atomic mass is 10.0. The Labute approximate surface area is 201 Å². The molecule has 13 nitrogen and oxygen atoms in total. The van der Waals surface area contributed by atoms with Crippen LogP contribution in [0.4, 0.5) is 0 Å². The quantitative estimate of drug-likeness (QED) is 0.154. The van der Waals surface area contributed by atoms with Crippen LogP contribution in [0.15, 0.2) is 24.3 Å². The monoisotopic (exact) mass is 496 g/mol. The Hall–Kier alpha value is -3.71.